The number of benzene rings is 1. The largest absolute Gasteiger partial charge is 0.357 e. The second-order valence-corrected chi connectivity index (χ2v) is 9.89. The third-order valence-corrected chi connectivity index (χ3v) is 7.13. The number of carbonyl (C=O) groups is 1. The van der Waals surface area contributed by atoms with Gasteiger partial charge in [0, 0.05) is 30.5 Å². The fourth-order valence-electron chi connectivity index (χ4n) is 4.82. The highest BCUT2D eigenvalue weighted by molar-refractivity contribution is 5.94. The molecule has 5 aromatic rings. The number of aryl methyl sites for hydroxylation is 1. The van der Waals surface area contributed by atoms with Gasteiger partial charge in [0.25, 0.3) is 5.56 Å². The first-order valence-electron chi connectivity index (χ1n) is 13.0. The predicted octanol–water partition coefficient (Wildman–Crippen LogP) is 1.65. The van der Waals surface area contributed by atoms with Crippen LogP contribution >= 0.6 is 0 Å². The Kier molecular flexibility index (Phi) is 6.67. The zero-order chi connectivity index (χ0) is 28.7. The van der Waals surface area contributed by atoms with Gasteiger partial charge in [-0.1, -0.05) is 5.16 Å². The Morgan fingerprint density at radius 2 is 2.05 bits per heavy atom. The first kappa shape index (κ1) is 26.1. The molecule has 11 nitrogen and oxygen atoms in total. The van der Waals surface area contributed by atoms with Crippen molar-refractivity contribution in [3.63, 3.8) is 0 Å². The fourth-order valence-corrected chi connectivity index (χ4v) is 4.82. The third-order valence-electron chi connectivity index (χ3n) is 7.13. The summed E-state index contributed by atoms with van der Waals surface area (Å²) in [4.78, 5) is 37.2. The van der Waals surface area contributed by atoms with Gasteiger partial charge in [-0.25, -0.2) is 9.37 Å². The van der Waals surface area contributed by atoms with Gasteiger partial charge < -0.3 is 24.6 Å². The van der Waals surface area contributed by atoms with Crippen LogP contribution in [0.15, 0.2) is 64.6 Å². The Morgan fingerprint density at radius 3 is 2.88 bits per heavy atom. The maximum Gasteiger partial charge on any atom is 0.279 e. The highest BCUT2D eigenvalue weighted by Gasteiger charge is 2.20. The molecule has 0 saturated heterocycles. The lowest BCUT2D eigenvalue weighted by Crippen LogP contribution is -2.40. The summed E-state index contributed by atoms with van der Waals surface area (Å²) < 4.78 is 22.6. The number of nitrogens with zero attached hydrogens (tertiary/aromatic N) is 6. The van der Waals surface area contributed by atoms with Crippen LogP contribution in [0.1, 0.15) is 18.1 Å². The van der Waals surface area contributed by atoms with Crippen LogP contribution in [0.25, 0.3) is 28.9 Å². The number of amides is 1. The number of hydrogen-bond donors (Lipinski definition) is 2. The fraction of sp³-hybridized carbons (Fsp3) is 0.207. The molecule has 208 valence electrons. The van der Waals surface area contributed by atoms with Gasteiger partial charge in [-0.3, -0.25) is 19.1 Å². The summed E-state index contributed by atoms with van der Waals surface area (Å²) in [6.07, 6.45) is 11.9. The van der Waals surface area contributed by atoms with Crippen LogP contribution in [0.4, 0.5) is 16.0 Å². The Bertz CT molecular complexity index is 1980. The second kappa shape index (κ2) is 10.5. The average Bonchev–Trinajstić information content (AvgIpc) is 3.58. The number of hydrogen-bond acceptors (Lipinski definition) is 8. The summed E-state index contributed by atoms with van der Waals surface area (Å²) >= 11 is 0. The molecule has 1 atom stereocenters. The smallest absolute Gasteiger partial charge is 0.279 e. The summed E-state index contributed by atoms with van der Waals surface area (Å²) in [6.45, 7) is 4.15. The molecule has 1 aliphatic heterocycles. The van der Waals surface area contributed by atoms with Gasteiger partial charge in [0.05, 0.1) is 47.6 Å². The third kappa shape index (κ3) is 4.89. The Labute approximate surface area is 233 Å². The Balaban J connectivity index is 1.42. The van der Waals surface area contributed by atoms with E-state index in [-0.39, 0.29) is 24.0 Å². The number of pyridine rings is 1. The molecule has 0 bridgehead atoms. The zero-order valence-corrected chi connectivity index (χ0v) is 22.6. The van der Waals surface area contributed by atoms with Crippen LogP contribution < -0.4 is 31.7 Å². The quantitative estimate of drug-likeness (QED) is 0.312. The summed E-state index contributed by atoms with van der Waals surface area (Å²) in [5, 5.41) is 11.0. The highest BCUT2D eigenvalue weighted by Crippen LogP contribution is 2.26. The maximum absolute atomic E-state index is 13.9. The molecule has 1 amide bonds. The standard InChI is InChI=1S/C29H27FN8O3/c1-17-14-37(25-5-4-21(30)9-23(17)25)22-8-19(10-32-12-22)15-38-28(40)24(35-27(39)18(2)31-3)13-33-29(38)36-7-6-26-20(16-36)11-34-41-26/h4-6,8-14,16,18,31H,7,15H2,1-3H3,(H,35,39)/t18-/m0/s1. The molecular weight excluding hydrogens is 527 g/mol. The molecule has 1 aliphatic rings. The molecule has 0 unspecified atom stereocenters. The molecule has 0 aliphatic carbocycles. The van der Waals surface area contributed by atoms with E-state index in [1.165, 1.54) is 22.9 Å². The lowest BCUT2D eigenvalue weighted by atomic mass is 10.2. The van der Waals surface area contributed by atoms with Crippen LogP contribution in [-0.4, -0.2) is 49.8 Å². The van der Waals surface area contributed by atoms with E-state index < -0.39 is 11.6 Å². The van der Waals surface area contributed by atoms with Crippen molar-refractivity contribution in [1.82, 2.24) is 29.6 Å². The van der Waals surface area contributed by atoms with E-state index in [1.807, 2.05) is 40.9 Å². The first-order valence-corrected chi connectivity index (χ1v) is 13.0. The maximum atomic E-state index is 13.9. The number of halogens is 1. The number of likely N-dealkylation sites (N-methyl/N-ethyl adjacent to an activating group) is 1. The number of nitrogens with one attached hydrogen (secondary N) is 2. The second-order valence-electron chi connectivity index (χ2n) is 9.89. The predicted molar refractivity (Wildman–Crippen MR) is 153 cm³/mol. The van der Waals surface area contributed by atoms with Gasteiger partial charge in [0.2, 0.25) is 11.9 Å². The van der Waals surface area contributed by atoms with Crippen LogP contribution in [0.5, 0.6) is 0 Å². The van der Waals surface area contributed by atoms with Crippen molar-refractivity contribution in [2.45, 2.75) is 26.4 Å². The van der Waals surface area contributed by atoms with E-state index in [0.717, 1.165) is 32.9 Å². The molecule has 0 fully saturated rings. The molecule has 1 aromatic carbocycles. The van der Waals surface area contributed by atoms with Crippen molar-refractivity contribution >= 4 is 40.7 Å². The Morgan fingerprint density at radius 1 is 1.20 bits per heavy atom. The SMILES string of the molecule is CN[C@@H](C)C(=O)Nc1cnc(N2C=c3cnoc3=CC2)n(Cc2cncc(-n3cc(C)c4cc(F)ccc43)c2)c1=O. The average molecular weight is 555 g/mol. The number of fused-ring (bicyclic) bond motifs is 2. The minimum atomic E-state index is -0.506. The first-order chi connectivity index (χ1) is 19.8. The van der Waals surface area contributed by atoms with E-state index in [4.69, 9.17) is 4.52 Å². The van der Waals surface area contributed by atoms with Crippen LogP contribution in [0.3, 0.4) is 0 Å². The van der Waals surface area contributed by atoms with E-state index in [9.17, 15) is 14.0 Å². The monoisotopic (exact) mass is 554 g/mol. The summed E-state index contributed by atoms with van der Waals surface area (Å²) in [5.41, 5.74) is 3.55. The molecule has 2 N–H and O–H groups in total. The molecule has 0 saturated carbocycles. The van der Waals surface area contributed by atoms with Gasteiger partial charge in [-0.15, -0.1) is 0 Å². The molecule has 0 spiro atoms. The van der Waals surface area contributed by atoms with Gasteiger partial charge in [0.1, 0.15) is 11.5 Å². The van der Waals surface area contributed by atoms with Gasteiger partial charge >= 0.3 is 0 Å². The summed E-state index contributed by atoms with van der Waals surface area (Å²) in [6, 6.07) is 6.08. The summed E-state index contributed by atoms with van der Waals surface area (Å²) in [5.74, 6) is -0.278. The molecule has 4 aromatic heterocycles. The molecule has 5 heterocycles. The number of rotatable bonds is 7. The highest BCUT2D eigenvalue weighted by atomic mass is 19.1. The van der Waals surface area contributed by atoms with Crippen molar-refractivity contribution in [2.24, 2.45) is 0 Å². The Hall–Kier alpha value is -5.10. The lowest BCUT2D eigenvalue weighted by molar-refractivity contribution is -0.117. The molecular formula is C29H27FN8O3. The topological polar surface area (TPSA) is 123 Å². The number of anilines is 2. The van der Waals surface area contributed by atoms with Gasteiger partial charge in [0.15, 0.2) is 5.42 Å². The molecule has 0 radical (unpaired) electrons. The van der Waals surface area contributed by atoms with Gasteiger partial charge in [-0.05, 0) is 62.4 Å². The van der Waals surface area contributed by atoms with Crippen molar-refractivity contribution in [1.29, 1.82) is 0 Å². The van der Waals surface area contributed by atoms with E-state index in [1.54, 1.807) is 38.6 Å². The van der Waals surface area contributed by atoms with Crippen molar-refractivity contribution in [3.05, 3.63) is 93.2 Å². The van der Waals surface area contributed by atoms with E-state index in [2.05, 4.69) is 25.8 Å². The number of carbonyl (C=O) groups excluding carboxylic acids is 1. The van der Waals surface area contributed by atoms with Crippen LogP contribution in [-0.2, 0) is 11.3 Å². The van der Waals surface area contributed by atoms with Crippen LogP contribution in [0.2, 0.25) is 0 Å². The lowest BCUT2D eigenvalue weighted by Gasteiger charge is -2.23. The van der Waals surface area contributed by atoms with Crippen molar-refractivity contribution < 1.29 is 13.7 Å². The number of aromatic nitrogens is 5. The van der Waals surface area contributed by atoms with Crippen molar-refractivity contribution in [3.8, 4) is 5.69 Å². The summed E-state index contributed by atoms with van der Waals surface area (Å²) in [7, 11) is 1.66. The normalized spacial score (nSPS) is 13.4. The minimum absolute atomic E-state index is 0.0608. The molecule has 12 heteroatoms. The molecule has 6 rings (SSSR count). The van der Waals surface area contributed by atoms with Crippen molar-refractivity contribution in [2.75, 3.05) is 23.8 Å². The minimum Gasteiger partial charge on any atom is -0.357 e. The zero-order valence-electron chi connectivity index (χ0n) is 22.6. The van der Waals surface area contributed by atoms with Crippen LogP contribution in [0, 0.1) is 12.7 Å². The van der Waals surface area contributed by atoms with E-state index >= 15 is 0 Å². The van der Waals surface area contributed by atoms with Gasteiger partial charge in [-0.2, -0.15) is 0 Å². The molecule has 41 heavy (non-hydrogen) atoms. The van der Waals surface area contributed by atoms with E-state index in [0.29, 0.717) is 17.9 Å².